The molecule has 2 N–H and O–H groups in total. The molecule has 0 saturated heterocycles. The predicted molar refractivity (Wildman–Crippen MR) is 87.1 cm³/mol. The van der Waals surface area contributed by atoms with Crippen molar-refractivity contribution in [3.05, 3.63) is 24.3 Å². The molecule has 22 heavy (non-hydrogen) atoms. The van der Waals surface area contributed by atoms with Gasteiger partial charge in [0.2, 0.25) is 15.9 Å². The molecule has 2 fully saturated rings. The number of amides is 1. The van der Waals surface area contributed by atoms with Gasteiger partial charge in [0.05, 0.1) is 6.26 Å². The van der Waals surface area contributed by atoms with E-state index in [0.717, 1.165) is 18.1 Å². The Morgan fingerprint density at radius 2 is 1.82 bits per heavy atom. The Morgan fingerprint density at radius 1 is 1.14 bits per heavy atom. The van der Waals surface area contributed by atoms with Gasteiger partial charge in [0.1, 0.15) is 0 Å². The van der Waals surface area contributed by atoms with Crippen LogP contribution in [0, 0.1) is 17.8 Å². The van der Waals surface area contributed by atoms with Crippen molar-refractivity contribution in [2.24, 2.45) is 17.8 Å². The molecule has 120 valence electrons. The molecule has 5 nitrogen and oxygen atoms in total. The summed E-state index contributed by atoms with van der Waals surface area (Å²) in [7, 11) is -3.27. The Kier molecular flexibility index (Phi) is 4.12. The van der Waals surface area contributed by atoms with Crippen LogP contribution in [0.1, 0.15) is 32.1 Å². The topological polar surface area (TPSA) is 75.3 Å². The van der Waals surface area contributed by atoms with Gasteiger partial charge >= 0.3 is 0 Å². The number of anilines is 2. The average molecular weight is 322 g/mol. The highest BCUT2D eigenvalue weighted by Crippen LogP contribution is 2.49. The largest absolute Gasteiger partial charge is 0.326 e. The van der Waals surface area contributed by atoms with Gasteiger partial charge in [-0.15, -0.1) is 0 Å². The second-order valence-electron chi connectivity index (χ2n) is 6.64. The number of sulfonamides is 1. The number of benzene rings is 1. The van der Waals surface area contributed by atoms with Crippen LogP contribution >= 0.6 is 0 Å². The summed E-state index contributed by atoms with van der Waals surface area (Å²) in [6, 6.07) is 6.72. The van der Waals surface area contributed by atoms with Crippen molar-refractivity contribution in [2.75, 3.05) is 16.3 Å². The van der Waals surface area contributed by atoms with Gasteiger partial charge in [-0.1, -0.05) is 6.42 Å². The van der Waals surface area contributed by atoms with Gasteiger partial charge in [0.15, 0.2) is 0 Å². The molecule has 0 spiro atoms. The van der Waals surface area contributed by atoms with Crippen molar-refractivity contribution in [2.45, 2.75) is 32.1 Å². The highest BCUT2D eigenvalue weighted by molar-refractivity contribution is 7.92. The fraction of sp³-hybridized carbons (Fsp3) is 0.562. The highest BCUT2D eigenvalue weighted by Gasteiger charge is 2.40. The number of carbonyl (C=O) groups excluding carboxylic acids is 1. The molecule has 2 aliphatic rings. The van der Waals surface area contributed by atoms with E-state index in [0.29, 0.717) is 23.7 Å². The van der Waals surface area contributed by atoms with Crippen LogP contribution in [0.4, 0.5) is 11.4 Å². The molecule has 0 aliphatic heterocycles. The van der Waals surface area contributed by atoms with Gasteiger partial charge in [0.25, 0.3) is 0 Å². The molecule has 1 aromatic carbocycles. The zero-order chi connectivity index (χ0) is 15.7. The van der Waals surface area contributed by atoms with E-state index in [1.807, 2.05) is 0 Å². The van der Waals surface area contributed by atoms with Crippen LogP contribution in [-0.2, 0) is 14.8 Å². The number of hydrogen-bond donors (Lipinski definition) is 2. The monoisotopic (exact) mass is 322 g/mol. The number of hydrogen-bond acceptors (Lipinski definition) is 3. The zero-order valence-corrected chi connectivity index (χ0v) is 13.5. The van der Waals surface area contributed by atoms with Crippen LogP contribution in [0.25, 0.3) is 0 Å². The van der Waals surface area contributed by atoms with Crippen LogP contribution in [0.3, 0.4) is 0 Å². The SMILES string of the molecule is CS(=O)(=O)Nc1ccc(NC(=O)CC2CC3CCC2C3)cc1. The molecule has 0 aromatic heterocycles. The minimum Gasteiger partial charge on any atom is -0.326 e. The third-order valence-corrected chi connectivity index (χ3v) is 5.41. The molecule has 2 saturated carbocycles. The third-order valence-electron chi connectivity index (χ3n) is 4.80. The number of nitrogens with one attached hydrogen (secondary N) is 2. The van der Waals surface area contributed by atoms with E-state index >= 15 is 0 Å². The van der Waals surface area contributed by atoms with E-state index in [-0.39, 0.29) is 5.91 Å². The summed E-state index contributed by atoms with van der Waals surface area (Å²) in [4.78, 5) is 12.1. The van der Waals surface area contributed by atoms with Crippen LogP contribution in [0.2, 0.25) is 0 Å². The average Bonchev–Trinajstić information content (AvgIpc) is 3.01. The quantitative estimate of drug-likeness (QED) is 0.875. The van der Waals surface area contributed by atoms with Crippen molar-refractivity contribution in [1.82, 2.24) is 0 Å². The lowest BCUT2D eigenvalue weighted by Gasteiger charge is -2.20. The lowest BCUT2D eigenvalue weighted by atomic mass is 9.86. The van der Waals surface area contributed by atoms with Gasteiger partial charge in [0, 0.05) is 17.8 Å². The summed E-state index contributed by atoms with van der Waals surface area (Å²) in [5.74, 6) is 2.20. The highest BCUT2D eigenvalue weighted by atomic mass is 32.2. The summed E-state index contributed by atoms with van der Waals surface area (Å²) < 4.78 is 24.7. The van der Waals surface area contributed by atoms with E-state index < -0.39 is 10.0 Å². The maximum absolute atomic E-state index is 12.1. The van der Waals surface area contributed by atoms with E-state index in [9.17, 15) is 13.2 Å². The number of carbonyl (C=O) groups is 1. The van der Waals surface area contributed by atoms with Crippen molar-refractivity contribution in [3.8, 4) is 0 Å². The predicted octanol–water partition coefficient (Wildman–Crippen LogP) is 2.82. The number of fused-ring (bicyclic) bond motifs is 2. The minimum atomic E-state index is -3.27. The standard InChI is InChI=1S/C16H22N2O3S/c1-22(20,21)18-15-6-4-14(5-7-15)17-16(19)10-13-9-11-2-3-12(13)8-11/h4-7,11-13,18H,2-3,8-10H2,1H3,(H,17,19). The first kappa shape index (κ1) is 15.3. The van der Waals surface area contributed by atoms with Crippen LogP contribution in [0.5, 0.6) is 0 Å². The molecule has 2 bridgehead atoms. The second kappa shape index (κ2) is 5.91. The first-order valence-corrected chi connectivity index (χ1v) is 9.66. The third kappa shape index (κ3) is 3.80. The Balaban J connectivity index is 1.53. The lowest BCUT2D eigenvalue weighted by Crippen LogP contribution is -2.20. The molecule has 6 heteroatoms. The van der Waals surface area contributed by atoms with Crippen molar-refractivity contribution in [3.63, 3.8) is 0 Å². The Labute approximate surface area is 131 Å². The lowest BCUT2D eigenvalue weighted by molar-refractivity contribution is -0.117. The van der Waals surface area contributed by atoms with Gasteiger partial charge in [-0.3, -0.25) is 9.52 Å². The van der Waals surface area contributed by atoms with E-state index in [4.69, 9.17) is 0 Å². The minimum absolute atomic E-state index is 0.0568. The van der Waals surface area contributed by atoms with Gasteiger partial charge < -0.3 is 5.32 Å². The van der Waals surface area contributed by atoms with Crippen molar-refractivity contribution >= 4 is 27.3 Å². The molecule has 1 aromatic rings. The van der Waals surface area contributed by atoms with Gasteiger partial charge in [-0.05, 0) is 61.3 Å². The Hall–Kier alpha value is -1.56. The Morgan fingerprint density at radius 3 is 2.36 bits per heavy atom. The van der Waals surface area contributed by atoms with Gasteiger partial charge in [-0.2, -0.15) is 0 Å². The molecule has 3 rings (SSSR count). The molecule has 1 amide bonds. The van der Waals surface area contributed by atoms with E-state index in [2.05, 4.69) is 10.0 Å². The fourth-order valence-electron chi connectivity index (χ4n) is 3.91. The molecule has 0 heterocycles. The molecular formula is C16H22N2O3S. The molecule has 2 aliphatic carbocycles. The van der Waals surface area contributed by atoms with Gasteiger partial charge in [-0.25, -0.2) is 8.42 Å². The van der Waals surface area contributed by atoms with Crippen LogP contribution in [-0.4, -0.2) is 20.6 Å². The van der Waals surface area contributed by atoms with Crippen LogP contribution < -0.4 is 10.0 Å². The van der Waals surface area contributed by atoms with Crippen molar-refractivity contribution in [1.29, 1.82) is 0 Å². The summed E-state index contributed by atoms with van der Waals surface area (Å²) in [6.07, 6.45) is 6.85. The summed E-state index contributed by atoms with van der Waals surface area (Å²) in [6.45, 7) is 0. The van der Waals surface area contributed by atoms with E-state index in [1.165, 1.54) is 25.7 Å². The maximum atomic E-state index is 12.1. The van der Waals surface area contributed by atoms with Crippen LogP contribution in [0.15, 0.2) is 24.3 Å². The van der Waals surface area contributed by atoms with Crippen molar-refractivity contribution < 1.29 is 13.2 Å². The smallest absolute Gasteiger partial charge is 0.229 e. The number of rotatable bonds is 5. The Bertz CT molecular complexity index is 654. The summed E-state index contributed by atoms with van der Waals surface area (Å²) >= 11 is 0. The molecule has 0 radical (unpaired) electrons. The second-order valence-corrected chi connectivity index (χ2v) is 8.39. The fourth-order valence-corrected chi connectivity index (χ4v) is 4.48. The first-order chi connectivity index (χ1) is 10.4. The summed E-state index contributed by atoms with van der Waals surface area (Å²) in [5, 5.41) is 2.90. The molecular weight excluding hydrogens is 300 g/mol. The normalized spacial score (nSPS) is 26.9. The maximum Gasteiger partial charge on any atom is 0.229 e. The molecule has 3 unspecified atom stereocenters. The summed E-state index contributed by atoms with van der Waals surface area (Å²) in [5.41, 5.74) is 1.20. The van der Waals surface area contributed by atoms with E-state index in [1.54, 1.807) is 24.3 Å². The zero-order valence-electron chi connectivity index (χ0n) is 12.7. The first-order valence-electron chi connectivity index (χ1n) is 7.77. The molecule has 3 atom stereocenters.